The van der Waals surface area contributed by atoms with Gasteiger partial charge in [0.1, 0.15) is 6.10 Å². The van der Waals surface area contributed by atoms with Crippen molar-refractivity contribution in [1.82, 2.24) is 0 Å². The monoisotopic (exact) mass is 276 g/mol. The third kappa shape index (κ3) is 4.68. The van der Waals surface area contributed by atoms with Crippen molar-refractivity contribution in [2.45, 2.75) is 6.10 Å². The molecule has 6 nitrogen and oxygen atoms in total. The molecule has 0 aliphatic rings. The Bertz CT molecular complexity index is 522. The van der Waals surface area contributed by atoms with Crippen LogP contribution < -0.4 is 22.9 Å². The van der Waals surface area contributed by atoms with Crippen LogP contribution in [0.3, 0.4) is 0 Å². The number of anilines is 4. The SMILES string of the molecule is Nc1ccc(N)c(C(O)CO)c1.Nc1ccc(N)cc1. The largest absolute Gasteiger partial charge is 0.399 e. The third-order valence-electron chi connectivity index (χ3n) is 2.58. The molecule has 0 aromatic heterocycles. The Morgan fingerprint density at radius 3 is 1.70 bits per heavy atom. The van der Waals surface area contributed by atoms with E-state index in [1.54, 1.807) is 42.5 Å². The summed E-state index contributed by atoms with van der Waals surface area (Å²) in [7, 11) is 0. The minimum atomic E-state index is -0.950. The quantitative estimate of drug-likeness (QED) is 0.446. The molecule has 0 heterocycles. The van der Waals surface area contributed by atoms with Crippen molar-refractivity contribution in [3.8, 4) is 0 Å². The van der Waals surface area contributed by atoms with Gasteiger partial charge in [0.2, 0.25) is 0 Å². The van der Waals surface area contributed by atoms with Gasteiger partial charge in [-0.25, -0.2) is 0 Å². The molecule has 1 unspecified atom stereocenters. The van der Waals surface area contributed by atoms with E-state index in [0.717, 1.165) is 11.4 Å². The molecular weight excluding hydrogens is 256 g/mol. The first kappa shape index (κ1) is 15.6. The maximum atomic E-state index is 9.25. The molecule has 2 aromatic rings. The predicted molar refractivity (Wildman–Crippen MR) is 82.6 cm³/mol. The van der Waals surface area contributed by atoms with Crippen LogP contribution in [0.4, 0.5) is 22.7 Å². The van der Waals surface area contributed by atoms with Gasteiger partial charge in [0.25, 0.3) is 0 Å². The molecule has 6 heteroatoms. The fourth-order valence-electron chi connectivity index (χ4n) is 1.48. The van der Waals surface area contributed by atoms with E-state index in [2.05, 4.69) is 0 Å². The number of aliphatic hydroxyl groups is 2. The molecule has 0 aliphatic heterocycles. The van der Waals surface area contributed by atoms with Crippen LogP contribution >= 0.6 is 0 Å². The van der Waals surface area contributed by atoms with Gasteiger partial charge in [-0.3, -0.25) is 0 Å². The first-order valence-electron chi connectivity index (χ1n) is 5.99. The Hall–Kier alpha value is -2.44. The summed E-state index contributed by atoms with van der Waals surface area (Å²) >= 11 is 0. The van der Waals surface area contributed by atoms with Gasteiger partial charge in [-0.15, -0.1) is 0 Å². The van der Waals surface area contributed by atoms with E-state index in [-0.39, 0.29) is 6.61 Å². The molecule has 0 saturated heterocycles. The van der Waals surface area contributed by atoms with Gasteiger partial charge < -0.3 is 33.1 Å². The molecule has 0 spiro atoms. The van der Waals surface area contributed by atoms with E-state index in [0.29, 0.717) is 16.9 Å². The lowest BCUT2D eigenvalue weighted by Gasteiger charge is -2.10. The molecule has 108 valence electrons. The van der Waals surface area contributed by atoms with E-state index in [1.165, 1.54) is 0 Å². The lowest BCUT2D eigenvalue weighted by Crippen LogP contribution is -2.06. The summed E-state index contributed by atoms with van der Waals surface area (Å²) in [5.74, 6) is 0. The fraction of sp³-hybridized carbons (Fsp3) is 0.143. The normalized spacial score (nSPS) is 11.3. The van der Waals surface area contributed by atoms with Crippen LogP contribution in [-0.4, -0.2) is 16.8 Å². The molecule has 2 aromatic carbocycles. The summed E-state index contributed by atoms with van der Waals surface area (Å²) in [5.41, 5.74) is 24.7. The van der Waals surface area contributed by atoms with Gasteiger partial charge >= 0.3 is 0 Å². The zero-order valence-corrected chi connectivity index (χ0v) is 11.0. The molecule has 2 rings (SSSR count). The van der Waals surface area contributed by atoms with Crippen LogP contribution in [-0.2, 0) is 0 Å². The van der Waals surface area contributed by atoms with Gasteiger partial charge in [-0.2, -0.15) is 0 Å². The molecule has 0 amide bonds. The Morgan fingerprint density at radius 2 is 1.25 bits per heavy atom. The van der Waals surface area contributed by atoms with Crippen molar-refractivity contribution in [3.63, 3.8) is 0 Å². The summed E-state index contributed by atoms with van der Waals surface area (Å²) in [6.07, 6.45) is -0.950. The molecule has 0 aliphatic carbocycles. The Kier molecular flexibility index (Phi) is 5.64. The lowest BCUT2D eigenvalue weighted by atomic mass is 10.1. The highest BCUT2D eigenvalue weighted by Crippen LogP contribution is 2.22. The average molecular weight is 276 g/mol. The summed E-state index contributed by atoms with van der Waals surface area (Å²) in [6.45, 7) is -0.354. The minimum Gasteiger partial charge on any atom is -0.399 e. The summed E-state index contributed by atoms with van der Waals surface area (Å²) in [6, 6.07) is 11.9. The summed E-state index contributed by atoms with van der Waals surface area (Å²) in [5, 5.41) is 17.9. The zero-order chi connectivity index (χ0) is 15.1. The highest BCUT2D eigenvalue weighted by atomic mass is 16.3. The first-order chi connectivity index (χ1) is 9.43. The predicted octanol–water partition coefficient (Wildman–Crippen LogP) is 0.728. The second-order valence-corrected chi connectivity index (χ2v) is 4.25. The van der Waals surface area contributed by atoms with Crippen LogP contribution in [0.2, 0.25) is 0 Å². The van der Waals surface area contributed by atoms with Crippen LogP contribution in [0.15, 0.2) is 42.5 Å². The van der Waals surface area contributed by atoms with Crippen molar-refractivity contribution < 1.29 is 10.2 Å². The maximum absolute atomic E-state index is 9.25. The number of aliphatic hydroxyl groups excluding tert-OH is 2. The molecule has 0 fully saturated rings. The van der Waals surface area contributed by atoms with Crippen molar-refractivity contribution in [2.75, 3.05) is 29.5 Å². The molecular formula is C14H20N4O2. The van der Waals surface area contributed by atoms with Gasteiger partial charge in [-0.1, -0.05) is 0 Å². The van der Waals surface area contributed by atoms with E-state index in [4.69, 9.17) is 28.0 Å². The van der Waals surface area contributed by atoms with Crippen LogP contribution in [0, 0.1) is 0 Å². The van der Waals surface area contributed by atoms with Crippen LogP contribution in [0.1, 0.15) is 11.7 Å². The first-order valence-corrected chi connectivity index (χ1v) is 5.99. The second kappa shape index (κ2) is 7.22. The second-order valence-electron chi connectivity index (χ2n) is 4.25. The number of hydrogen-bond donors (Lipinski definition) is 6. The number of benzene rings is 2. The van der Waals surface area contributed by atoms with Gasteiger partial charge in [0.05, 0.1) is 6.61 Å². The lowest BCUT2D eigenvalue weighted by molar-refractivity contribution is 0.0962. The number of rotatable bonds is 2. The molecule has 0 bridgehead atoms. The smallest absolute Gasteiger partial charge is 0.104 e. The highest BCUT2D eigenvalue weighted by Gasteiger charge is 2.09. The van der Waals surface area contributed by atoms with Gasteiger partial charge in [0.15, 0.2) is 0 Å². The number of nitrogen functional groups attached to an aromatic ring is 4. The van der Waals surface area contributed by atoms with Gasteiger partial charge in [-0.05, 0) is 42.5 Å². The Morgan fingerprint density at radius 1 is 0.800 bits per heavy atom. The van der Waals surface area contributed by atoms with E-state index >= 15 is 0 Å². The molecule has 20 heavy (non-hydrogen) atoms. The molecule has 0 saturated carbocycles. The molecule has 10 N–H and O–H groups in total. The van der Waals surface area contributed by atoms with Crippen molar-refractivity contribution in [1.29, 1.82) is 0 Å². The van der Waals surface area contributed by atoms with E-state index < -0.39 is 6.10 Å². The molecule has 1 atom stereocenters. The Labute approximate surface area is 117 Å². The van der Waals surface area contributed by atoms with E-state index in [9.17, 15) is 5.11 Å². The average Bonchev–Trinajstić information content (AvgIpc) is 2.44. The van der Waals surface area contributed by atoms with E-state index in [1.807, 2.05) is 0 Å². The molecule has 0 radical (unpaired) electrons. The fourth-order valence-corrected chi connectivity index (χ4v) is 1.48. The summed E-state index contributed by atoms with van der Waals surface area (Å²) < 4.78 is 0. The Balaban J connectivity index is 0.000000217. The topological polar surface area (TPSA) is 145 Å². The van der Waals surface area contributed by atoms with Crippen molar-refractivity contribution in [3.05, 3.63) is 48.0 Å². The zero-order valence-electron chi connectivity index (χ0n) is 11.0. The van der Waals surface area contributed by atoms with Crippen molar-refractivity contribution in [2.24, 2.45) is 0 Å². The van der Waals surface area contributed by atoms with Crippen LogP contribution in [0.25, 0.3) is 0 Å². The minimum absolute atomic E-state index is 0.354. The summed E-state index contributed by atoms with van der Waals surface area (Å²) in [4.78, 5) is 0. The number of hydrogen-bond acceptors (Lipinski definition) is 6. The standard InChI is InChI=1S/C8H12N2O2.C6H8N2/c9-5-1-2-7(10)6(3-5)8(12)4-11;7-5-1-2-6(8)4-3-5/h1-3,8,11-12H,4,9-10H2;1-4H,7-8H2. The van der Waals surface area contributed by atoms with Gasteiger partial charge in [0, 0.05) is 28.3 Å². The number of nitrogens with two attached hydrogens (primary N) is 4. The highest BCUT2D eigenvalue weighted by molar-refractivity contribution is 5.56. The van der Waals surface area contributed by atoms with Crippen LogP contribution in [0.5, 0.6) is 0 Å². The van der Waals surface area contributed by atoms with Crippen molar-refractivity contribution >= 4 is 22.7 Å². The third-order valence-corrected chi connectivity index (χ3v) is 2.58. The maximum Gasteiger partial charge on any atom is 0.104 e.